The Morgan fingerprint density at radius 2 is 1.93 bits per heavy atom. The van der Waals surface area contributed by atoms with Gasteiger partial charge < -0.3 is 15.0 Å². The second-order valence-corrected chi connectivity index (χ2v) is 8.30. The lowest BCUT2D eigenvalue weighted by Gasteiger charge is -2.34. The van der Waals surface area contributed by atoms with Crippen molar-refractivity contribution in [1.29, 1.82) is 0 Å². The maximum atomic E-state index is 13.4. The standard InChI is InChI=1S/C23H30N4O3/c1-16-3-6-20-18(13-16)19(14-21(25-20)17-4-5-17)23(29)27-10-8-26(9-11-27)15-22(28)24-7-12-30-2/h3,6,13-14,17H,4-5,7-12,15H2,1-2H3,(H,24,28). The first kappa shape index (κ1) is 20.8. The van der Waals surface area contributed by atoms with Gasteiger partial charge in [-0.05, 0) is 38.0 Å². The van der Waals surface area contributed by atoms with Crippen molar-refractivity contribution >= 4 is 22.7 Å². The van der Waals surface area contributed by atoms with E-state index in [0.717, 1.165) is 40.6 Å². The molecule has 1 saturated heterocycles. The number of amides is 2. The fourth-order valence-electron chi connectivity index (χ4n) is 3.96. The van der Waals surface area contributed by atoms with E-state index in [0.29, 0.717) is 51.8 Å². The van der Waals surface area contributed by atoms with Crippen molar-refractivity contribution in [3.8, 4) is 0 Å². The van der Waals surface area contributed by atoms with Gasteiger partial charge in [0.25, 0.3) is 5.91 Å². The molecule has 1 aromatic carbocycles. The molecule has 1 N–H and O–H groups in total. The van der Waals surface area contributed by atoms with Crippen molar-refractivity contribution in [1.82, 2.24) is 20.1 Å². The van der Waals surface area contributed by atoms with Gasteiger partial charge in [-0.2, -0.15) is 0 Å². The normalized spacial score (nSPS) is 17.3. The van der Waals surface area contributed by atoms with E-state index in [1.807, 2.05) is 24.0 Å². The molecule has 1 saturated carbocycles. The van der Waals surface area contributed by atoms with Gasteiger partial charge in [0, 0.05) is 56.8 Å². The van der Waals surface area contributed by atoms with Crippen LogP contribution in [0.25, 0.3) is 10.9 Å². The van der Waals surface area contributed by atoms with Crippen molar-refractivity contribution in [3.63, 3.8) is 0 Å². The zero-order chi connectivity index (χ0) is 21.1. The first-order chi connectivity index (χ1) is 14.5. The van der Waals surface area contributed by atoms with Crippen molar-refractivity contribution in [2.75, 3.05) is 53.0 Å². The lowest BCUT2D eigenvalue weighted by molar-refractivity contribution is -0.122. The molecule has 4 rings (SSSR count). The molecule has 1 aromatic heterocycles. The lowest BCUT2D eigenvalue weighted by Crippen LogP contribution is -2.51. The molecule has 7 nitrogen and oxygen atoms in total. The van der Waals surface area contributed by atoms with Crippen molar-refractivity contribution in [2.45, 2.75) is 25.7 Å². The molecule has 1 aliphatic carbocycles. The topological polar surface area (TPSA) is 74.8 Å². The molecule has 0 atom stereocenters. The van der Waals surface area contributed by atoms with Crippen LogP contribution < -0.4 is 5.32 Å². The zero-order valence-corrected chi connectivity index (χ0v) is 17.8. The predicted molar refractivity (Wildman–Crippen MR) is 116 cm³/mol. The minimum atomic E-state index is -0.00324. The monoisotopic (exact) mass is 410 g/mol. The van der Waals surface area contributed by atoms with Crippen LogP contribution in [0.4, 0.5) is 0 Å². The van der Waals surface area contributed by atoms with Gasteiger partial charge in [-0.1, -0.05) is 11.6 Å². The van der Waals surface area contributed by atoms with E-state index in [9.17, 15) is 9.59 Å². The summed E-state index contributed by atoms with van der Waals surface area (Å²) < 4.78 is 4.95. The SMILES string of the molecule is COCCNC(=O)CN1CCN(C(=O)c2cc(C3CC3)nc3ccc(C)cc23)CC1. The number of benzene rings is 1. The number of nitrogens with zero attached hydrogens (tertiary/aromatic N) is 3. The fraction of sp³-hybridized carbons (Fsp3) is 0.522. The first-order valence-electron chi connectivity index (χ1n) is 10.7. The smallest absolute Gasteiger partial charge is 0.254 e. The van der Waals surface area contributed by atoms with E-state index in [2.05, 4.69) is 22.3 Å². The average Bonchev–Trinajstić information content (AvgIpc) is 3.59. The lowest BCUT2D eigenvalue weighted by atomic mass is 10.0. The van der Waals surface area contributed by atoms with E-state index >= 15 is 0 Å². The number of hydrogen-bond donors (Lipinski definition) is 1. The van der Waals surface area contributed by atoms with Crippen LogP contribution in [0, 0.1) is 6.92 Å². The molecular formula is C23H30N4O3. The molecule has 2 heterocycles. The molecule has 2 fully saturated rings. The van der Waals surface area contributed by atoms with Crippen molar-refractivity contribution < 1.29 is 14.3 Å². The third-order valence-electron chi connectivity index (χ3n) is 5.87. The quantitative estimate of drug-likeness (QED) is 0.706. The summed E-state index contributed by atoms with van der Waals surface area (Å²) in [6, 6.07) is 8.15. The first-order valence-corrected chi connectivity index (χ1v) is 10.7. The summed E-state index contributed by atoms with van der Waals surface area (Å²) in [4.78, 5) is 34.2. The van der Waals surface area contributed by atoms with E-state index in [-0.39, 0.29) is 11.8 Å². The number of aromatic nitrogens is 1. The summed E-state index contributed by atoms with van der Waals surface area (Å²) in [6.07, 6.45) is 2.31. The number of piperazine rings is 1. The second kappa shape index (κ2) is 9.10. The Bertz CT molecular complexity index is 933. The number of fused-ring (bicyclic) bond motifs is 1. The predicted octanol–water partition coefficient (Wildman–Crippen LogP) is 1.94. The molecule has 1 aliphatic heterocycles. The minimum absolute atomic E-state index is 0.00324. The molecule has 2 amide bonds. The van der Waals surface area contributed by atoms with Gasteiger partial charge in [-0.3, -0.25) is 19.5 Å². The number of ether oxygens (including phenoxy) is 1. The molecule has 2 aliphatic rings. The highest BCUT2D eigenvalue weighted by Crippen LogP contribution is 2.40. The number of carbonyl (C=O) groups excluding carboxylic acids is 2. The minimum Gasteiger partial charge on any atom is -0.383 e. The number of rotatable bonds is 7. The van der Waals surface area contributed by atoms with Crippen molar-refractivity contribution in [2.24, 2.45) is 0 Å². The molecule has 2 aromatic rings. The van der Waals surface area contributed by atoms with Crippen LogP contribution in [-0.4, -0.2) is 79.6 Å². The third-order valence-corrected chi connectivity index (χ3v) is 5.87. The molecular weight excluding hydrogens is 380 g/mol. The van der Waals surface area contributed by atoms with Crippen LogP contribution in [0.2, 0.25) is 0 Å². The number of nitrogens with one attached hydrogen (secondary N) is 1. The van der Waals surface area contributed by atoms with Gasteiger partial charge in [0.15, 0.2) is 0 Å². The summed E-state index contributed by atoms with van der Waals surface area (Å²) in [5.74, 6) is 0.561. The Morgan fingerprint density at radius 1 is 1.17 bits per heavy atom. The molecule has 30 heavy (non-hydrogen) atoms. The highest BCUT2D eigenvalue weighted by molar-refractivity contribution is 6.06. The number of methoxy groups -OCH3 is 1. The van der Waals surface area contributed by atoms with Crippen molar-refractivity contribution in [3.05, 3.63) is 41.1 Å². The highest BCUT2D eigenvalue weighted by atomic mass is 16.5. The van der Waals surface area contributed by atoms with Gasteiger partial charge in [-0.25, -0.2) is 0 Å². The molecule has 160 valence electrons. The van der Waals surface area contributed by atoms with Gasteiger partial charge in [0.1, 0.15) is 0 Å². The van der Waals surface area contributed by atoms with Crippen LogP contribution in [0.3, 0.4) is 0 Å². The Morgan fingerprint density at radius 3 is 2.63 bits per heavy atom. The summed E-state index contributed by atoms with van der Waals surface area (Å²) in [6.45, 7) is 6.06. The maximum Gasteiger partial charge on any atom is 0.254 e. The number of pyridine rings is 1. The van der Waals surface area contributed by atoms with E-state index < -0.39 is 0 Å². The molecule has 7 heteroatoms. The summed E-state index contributed by atoms with van der Waals surface area (Å²) in [5.41, 5.74) is 3.83. The Labute approximate surface area is 177 Å². The van der Waals surface area contributed by atoms with Gasteiger partial charge >= 0.3 is 0 Å². The zero-order valence-electron chi connectivity index (χ0n) is 17.8. The molecule has 0 radical (unpaired) electrons. The van der Waals surface area contributed by atoms with E-state index in [1.54, 1.807) is 7.11 Å². The Kier molecular flexibility index (Phi) is 6.29. The summed E-state index contributed by atoms with van der Waals surface area (Å²) in [5, 5.41) is 3.78. The van der Waals surface area contributed by atoms with E-state index in [4.69, 9.17) is 9.72 Å². The third kappa shape index (κ3) is 4.79. The van der Waals surface area contributed by atoms with Gasteiger partial charge in [0.05, 0.1) is 24.2 Å². The number of aryl methyl sites for hydroxylation is 1. The molecule has 0 bridgehead atoms. The highest BCUT2D eigenvalue weighted by Gasteiger charge is 2.29. The van der Waals surface area contributed by atoms with Crippen LogP contribution >= 0.6 is 0 Å². The number of carbonyl (C=O) groups is 2. The summed E-state index contributed by atoms with van der Waals surface area (Å²) >= 11 is 0. The van der Waals surface area contributed by atoms with Crippen LogP contribution in [0.5, 0.6) is 0 Å². The van der Waals surface area contributed by atoms with E-state index in [1.165, 1.54) is 0 Å². The van der Waals surface area contributed by atoms with Crippen LogP contribution in [-0.2, 0) is 9.53 Å². The molecule has 0 unspecified atom stereocenters. The Hall–Kier alpha value is -2.51. The number of hydrogen-bond acceptors (Lipinski definition) is 5. The largest absolute Gasteiger partial charge is 0.383 e. The van der Waals surface area contributed by atoms with Gasteiger partial charge in [0.2, 0.25) is 5.91 Å². The molecule has 0 spiro atoms. The summed E-state index contributed by atoms with van der Waals surface area (Å²) in [7, 11) is 1.61. The van der Waals surface area contributed by atoms with Gasteiger partial charge in [-0.15, -0.1) is 0 Å². The maximum absolute atomic E-state index is 13.4. The fourth-order valence-corrected chi connectivity index (χ4v) is 3.96. The average molecular weight is 411 g/mol. The van der Waals surface area contributed by atoms with Crippen LogP contribution in [0.15, 0.2) is 24.3 Å². The Balaban J connectivity index is 1.43. The van der Waals surface area contributed by atoms with Crippen LogP contribution in [0.1, 0.15) is 40.4 Å². The second-order valence-electron chi connectivity index (χ2n) is 8.30.